The molecule has 0 saturated carbocycles. The van der Waals surface area contributed by atoms with E-state index < -0.39 is 0 Å². The van der Waals surface area contributed by atoms with E-state index in [2.05, 4.69) is 129 Å². The molecule has 0 spiro atoms. The molecule has 12 nitrogen and oxygen atoms in total. The average molecular weight is 820 g/mol. The fourth-order valence-corrected chi connectivity index (χ4v) is 6.76. The van der Waals surface area contributed by atoms with Crippen LogP contribution in [0.2, 0.25) is 0 Å². The molecular weight excluding hydrogens is 769 g/mol. The van der Waals surface area contributed by atoms with Gasteiger partial charge in [0.2, 0.25) is 0 Å². The molecule has 12 heteroatoms. The van der Waals surface area contributed by atoms with Gasteiger partial charge in [0.15, 0.2) is 37.9 Å². The first kappa shape index (κ1) is 40.8. The lowest BCUT2D eigenvalue weighted by atomic mass is 10.2. The number of hydrogen-bond donors (Lipinski definition) is 3. The first-order valence-corrected chi connectivity index (χ1v) is 20.9. The Morgan fingerprint density at radius 2 is 1.32 bits per heavy atom. The highest BCUT2D eigenvalue weighted by Gasteiger charge is 2.22. The Morgan fingerprint density at radius 1 is 0.677 bits per heavy atom. The van der Waals surface area contributed by atoms with Gasteiger partial charge < -0.3 is 19.8 Å². The third-order valence-electron chi connectivity index (χ3n) is 10.1. The van der Waals surface area contributed by atoms with Gasteiger partial charge in [-0.3, -0.25) is 0 Å². The summed E-state index contributed by atoms with van der Waals surface area (Å²) >= 11 is 0. The lowest BCUT2D eigenvalue weighted by Gasteiger charge is -2.32. The Bertz CT molecular complexity index is 2630. The molecular formula is C50H51N12+3. The number of hydrogen-bond acceptors (Lipinski definition) is 7. The van der Waals surface area contributed by atoms with Gasteiger partial charge in [0.1, 0.15) is 29.8 Å². The number of allylic oxidation sites excluding steroid dienone is 3. The monoisotopic (exact) mass is 819 g/mol. The first-order valence-electron chi connectivity index (χ1n) is 20.9. The molecule has 4 N–H and O–H groups in total. The summed E-state index contributed by atoms with van der Waals surface area (Å²) in [7, 11) is 0. The first-order chi connectivity index (χ1) is 30.6. The van der Waals surface area contributed by atoms with Crippen molar-refractivity contribution >= 4 is 34.1 Å². The van der Waals surface area contributed by atoms with Crippen LogP contribution in [0.4, 0.5) is 34.1 Å². The number of quaternary nitrogens is 1. The molecule has 62 heavy (non-hydrogen) atoms. The van der Waals surface area contributed by atoms with Crippen molar-refractivity contribution in [3.8, 4) is 11.4 Å². The second-order valence-electron chi connectivity index (χ2n) is 14.7. The topological polar surface area (TPSA) is 109 Å². The fourth-order valence-electron chi connectivity index (χ4n) is 6.76. The summed E-state index contributed by atoms with van der Waals surface area (Å²) in [4.78, 5) is 3.00. The molecule has 1 aliphatic heterocycles. The van der Waals surface area contributed by atoms with Crippen molar-refractivity contribution in [2.75, 3.05) is 23.7 Å². The molecule has 3 aromatic carbocycles. The van der Waals surface area contributed by atoms with Crippen molar-refractivity contribution in [2.24, 2.45) is 20.5 Å². The summed E-state index contributed by atoms with van der Waals surface area (Å²) in [5.74, 6) is 0. The van der Waals surface area contributed by atoms with Gasteiger partial charge in [-0.25, -0.2) is 9.99 Å². The van der Waals surface area contributed by atoms with E-state index in [9.17, 15) is 0 Å². The standard InChI is InChI=1S/C28H30N7.C22H19N5/c1-2-15-34-21-22-35(34)20-19-32-16-5-6-27(23-32)31-30-26-9-7-24(8-10-26)29-25-11-13-28(14-12-25)33-17-3-4-18-33;1-2-16-27(15-1)22-12-10-19(11-13-22)24-18-5-3-6-20(9-8-18)25-26-21-7-4-14-23-17-21/h3-14,16-18,21-23,29H,2,15,19-20H2,1H3;1-17,20,24H/q+1;/p+2. The highest BCUT2D eigenvalue weighted by Crippen LogP contribution is 2.23. The largest absolute Gasteiger partial charge is 0.356 e. The predicted octanol–water partition coefficient (Wildman–Crippen LogP) is 9.79. The second kappa shape index (κ2) is 20.8. The van der Waals surface area contributed by atoms with E-state index >= 15 is 0 Å². The van der Waals surface area contributed by atoms with Gasteiger partial charge in [0.25, 0.3) is 0 Å². The van der Waals surface area contributed by atoms with Crippen molar-refractivity contribution in [1.82, 2.24) is 14.1 Å². The van der Waals surface area contributed by atoms with Crippen LogP contribution in [0.1, 0.15) is 13.3 Å². The van der Waals surface area contributed by atoms with Crippen LogP contribution in [0, 0.1) is 0 Å². The minimum atomic E-state index is -0.0862. The summed E-state index contributed by atoms with van der Waals surface area (Å²) in [6.45, 7) is 5.25. The SMILES string of the molecule is C1=CC(N=Nc2ccc[nH+]c2)C=CC(Nc2ccc(-n3cccc3)cc2)=C1.CCCN1C=C[NH+]1CC[n+]1cccc(N=Nc2ccc(Nc3ccc(-n4cccc4)cc3)cc2)c1. The molecule has 5 heterocycles. The zero-order valence-corrected chi connectivity index (χ0v) is 34.7. The third kappa shape index (κ3) is 11.6. The summed E-state index contributed by atoms with van der Waals surface area (Å²) in [6, 6.07) is 40.5. The van der Waals surface area contributed by atoms with Crippen molar-refractivity contribution in [3.63, 3.8) is 0 Å². The van der Waals surface area contributed by atoms with Gasteiger partial charge in [-0.1, -0.05) is 25.2 Å². The minimum Gasteiger partial charge on any atom is -0.356 e. The van der Waals surface area contributed by atoms with Crippen LogP contribution in [0.25, 0.3) is 11.4 Å². The smallest absolute Gasteiger partial charge is 0.199 e. The molecule has 2 atom stereocenters. The summed E-state index contributed by atoms with van der Waals surface area (Å²) < 4.78 is 6.34. The quantitative estimate of drug-likeness (QED) is 0.0708. The number of benzene rings is 3. The number of aromatic nitrogens is 4. The molecule has 0 saturated heterocycles. The zero-order valence-electron chi connectivity index (χ0n) is 34.7. The van der Waals surface area contributed by atoms with Crippen molar-refractivity contribution in [3.05, 3.63) is 219 Å². The lowest BCUT2D eigenvalue weighted by Crippen LogP contribution is -3.18. The number of rotatable bonds is 15. The van der Waals surface area contributed by atoms with Crippen LogP contribution in [0.15, 0.2) is 240 Å². The van der Waals surface area contributed by atoms with Gasteiger partial charge in [0.05, 0.1) is 12.2 Å². The number of nitrogens with one attached hydrogen (secondary N) is 4. The lowest BCUT2D eigenvalue weighted by molar-refractivity contribution is -0.997. The third-order valence-corrected chi connectivity index (χ3v) is 10.1. The van der Waals surface area contributed by atoms with E-state index in [-0.39, 0.29) is 6.04 Å². The van der Waals surface area contributed by atoms with Gasteiger partial charge in [0, 0.05) is 71.1 Å². The Balaban J connectivity index is 0.000000176. The van der Waals surface area contributed by atoms with E-state index in [1.807, 2.05) is 147 Å². The molecule has 0 bridgehead atoms. The van der Waals surface area contributed by atoms with E-state index in [1.54, 1.807) is 0 Å². The fraction of sp³-hybridized carbons (Fsp3) is 0.120. The maximum Gasteiger partial charge on any atom is 0.199 e. The molecule has 9 rings (SSSR count). The Morgan fingerprint density at radius 3 is 1.95 bits per heavy atom. The highest BCUT2D eigenvalue weighted by atomic mass is 15.7. The summed E-state index contributed by atoms with van der Waals surface area (Å²) in [5, 5.41) is 28.1. The molecule has 2 unspecified atom stereocenters. The number of nitrogens with zero attached hydrogens (tertiary/aromatic N) is 8. The maximum absolute atomic E-state index is 4.44. The van der Waals surface area contributed by atoms with E-state index in [0.717, 1.165) is 77.3 Å². The van der Waals surface area contributed by atoms with Crippen molar-refractivity contribution in [2.45, 2.75) is 25.9 Å². The van der Waals surface area contributed by atoms with Crippen molar-refractivity contribution in [1.29, 1.82) is 0 Å². The minimum absolute atomic E-state index is 0.0862. The molecule has 0 radical (unpaired) electrons. The van der Waals surface area contributed by atoms with E-state index in [0.29, 0.717) is 0 Å². The number of pyridine rings is 2. The molecule has 4 aromatic heterocycles. The highest BCUT2D eigenvalue weighted by molar-refractivity contribution is 5.63. The molecule has 1 aliphatic carbocycles. The van der Waals surface area contributed by atoms with Crippen LogP contribution in [0.5, 0.6) is 0 Å². The van der Waals surface area contributed by atoms with Crippen molar-refractivity contribution < 1.29 is 14.6 Å². The zero-order chi connectivity index (χ0) is 42.2. The normalized spacial score (nSPS) is 15.5. The second-order valence-corrected chi connectivity index (χ2v) is 14.7. The predicted molar refractivity (Wildman–Crippen MR) is 245 cm³/mol. The van der Waals surface area contributed by atoms with Crippen LogP contribution < -0.4 is 25.2 Å². The van der Waals surface area contributed by atoms with Gasteiger partial charge >= 0.3 is 0 Å². The Hall–Kier alpha value is -7.96. The summed E-state index contributed by atoms with van der Waals surface area (Å²) in [5.41, 5.74) is 8.83. The van der Waals surface area contributed by atoms with E-state index in [1.165, 1.54) is 5.01 Å². The van der Waals surface area contributed by atoms with Crippen LogP contribution in [-0.4, -0.2) is 33.3 Å². The van der Waals surface area contributed by atoms with E-state index in [4.69, 9.17) is 0 Å². The number of anilines is 3. The maximum atomic E-state index is 4.44. The van der Waals surface area contributed by atoms with Crippen LogP contribution in [-0.2, 0) is 6.54 Å². The molecule has 0 fully saturated rings. The molecule has 0 amide bonds. The Labute approximate surface area is 362 Å². The van der Waals surface area contributed by atoms with Gasteiger partial charge in [-0.2, -0.15) is 19.8 Å². The average Bonchev–Trinajstić information content (AvgIpc) is 4.02. The van der Waals surface area contributed by atoms with Crippen LogP contribution in [0.3, 0.4) is 0 Å². The molecule has 308 valence electrons. The Kier molecular flexibility index (Phi) is 13.7. The van der Waals surface area contributed by atoms with Gasteiger partial charge in [-0.05, 0) is 128 Å². The number of azo groups is 2. The number of aromatic amines is 1. The van der Waals surface area contributed by atoms with Crippen LogP contribution >= 0.6 is 0 Å². The molecule has 2 aliphatic rings. The molecule has 7 aromatic rings. The van der Waals surface area contributed by atoms with Gasteiger partial charge in [-0.15, -0.1) is 10.2 Å². The summed E-state index contributed by atoms with van der Waals surface area (Å²) in [6.07, 6.45) is 31.5. The number of H-pyrrole nitrogens is 1.